The van der Waals surface area contributed by atoms with Gasteiger partial charge in [-0.15, -0.1) is 0 Å². The number of amides is 2. The van der Waals surface area contributed by atoms with E-state index in [4.69, 9.17) is 0 Å². The second-order valence-electron chi connectivity index (χ2n) is 5.96. The van der Waals surface area contributed by atoms with Gasteiger partial charge in [0.2, 0.25) is 5.91 Å². The summed E-state index contributed by atoms with van der Waals surface area (Å²) >= 11 is 0. The highest BCUT2D eigenvalue weighted by Crippen LogP contribution is 2.26. The van der Waals surface area contributed by atoms with E-state index < -0.39 is 29.8 Å². The molecule has 0 spiro atoms. The van der Waals surface area contributed by atoms with Gasteiger partial charge in [0.1, 0.15) is 12.1 Å². The van der Waals surface area contributed by atoms with Gasteiger partial charge in [-0.2, -0.15) is 13.2 Å². The summed E-state index contributed by atoms with van der Waals surface area (Å²) in [5, 5.41) is 2.50. The van der Waals surface area contributed by atoms with Crippen LogP contribution in [0, 0.1) is 0 Å². The predicted octanol–water partition coefficient (Wildman–Crippen LogP) is 2.99. The summed E-state index contributed by atoms with van der Waals surface area (Å²) in [7, 11) is 0. The molecule has 0 fully saturated rings. The molecule has 2 amide bonds. The van der Waals surface area contributed by atoms with Gasteiger partial charge in [-0.25, -0.2) is 0 Å². The molecule has 0 bridgehead atoms. The molecule has 1 aromatic heterocycles. The number of nitrogens with zero attached hydrogens (tertiary/aromatic N) is 2. The smallest absolute Gasteiger partial charge is 0.339 e. The van der Waals surface area contributed by atoms with E-state index >= 15 is 0 Å². The molecule has 9 heteroatoms. The Hall–Kier alpha value is -3.10. The predicted molar refractivity (Wildman–Crippen MR) is 98.0 cm³/mol. The fraction of sp³-hybridized carbons (Fsp3) is 0.316. The summed E-state index contributed by atoms with van der Waals surface area (Å²) in [6.45, 7) is 4.17. The van der Waals surface area contributed by atoms with E-state index in [1.807, 2.05) is 13.8 Å². The number of carbonyl (C=O) groups excluding carboxylic acids is 2. The molecule has 0 saturated heterocycles. The highest BCUT2D eigenvalue weighted by Gasteiger charge is 2.34. The van der Waals surface area contributed by atoms with Gasteiger partial charge >= 0.3 is 6.18 Å². The Balaban J connectivity index is 2.16. The zero-order valence-electron chi connectivity index (χ0n) is 15.4. The van der Waals surface area contributed by atoms with Gasteiger partial charge in [-0.05, 0) is 44.2 Å². The number of halogens is 3. The number of anilines is 1. The van der Waals surface area contributed by atoms with Crippen LogP contribution < -0.4 is 10.9 Å². The molecule has 0 aliphatic heterocycles. The molecular formula is C19H20F3N3O3. The highest BCUT2D eigenvalue weighted by molar-refractivity contribution is 5.97. The number of rotatable bonds is 6. The van der Waals surface area contributed by atoms with Gasteiger partial charge in [0.05, 0.1) is 0 Å². The molecule has 1 N–H and O–H groups in total. The van der Waals surface area contributed by atoms with Gasteiger partial charge in [0.15, 0.2) is 0 Å². The van der Waals surface area contributed by atoms with Crippen molar-refractivity contribution in [2.45, 2.75) is 26.6 Å². The monoisotopic (exact) mass is 395 g/mol. The third-order valence-corrected chi connectivity index (χ3v) is 4.08. The fourth-order valence-corrected chi connectivity index (χ4v) is 2.66. The van der Waals surface area contributed by atoms with E-state index in [-0.39, 0.29) is 5.91 Å². The maximum atomic E-state index is 12.8. The lowest BCUT2D eigenvalue weighted by atomic mass is 10.1. The Morgan fingerprint density at radius 2 is 1.79 bits per heavy atom. The first kappa shape index (κ1) is 21.2. The Morgan fingerprint density at radius 1 is 1.11 bits per heavy atom. The largest absolute Gasteiger partial charge is 0.421 e. The van der Waals surface area contributed by atoms with E-state index in [2.05, 4.69) is 5.32 Å². The van der Waals surface area contributed by atoms with E-state index in [0.717, 1.165) is 12.3 Å². The topological polar surface area (TPSA) is 71.4 Å². The molecule has 0 radical (unpaired) electrons. The second kappa shape index (κ2) is 8.73. The van der Waals surface area contributed by atoms with Crippen LogP contribution in [0.15, 0.2) is 47.4 Å². The van der Waals surface area contributed by atoms with Crippen molar-refractivity contribution >= 4 is 17.5 Å². The number of nitrogens with one attached hydrogen (secondary N) is 1. The van der Waals surface area contributed by atoms with E-state index in [9.17, 15) is 27.6 Å². The van der Waals surface area contributed by atoms with Gasteiger partial charge in [0.25, 0.3) is 11.5 Å². The van der Waals surface area contributed by atoms with Crippen molar-refractivity contribution in [2.75, 3.05) is 18.4 Å². The molecule has 0 saturated carbocycles. The van der Waals surface area contributed by atoms with Crippen molar-refractivity contribution in [1.29, 1.82) is 0 Å². The van der Waals surface area contributed by atoms with Crippen LogP contribution in [0.3, 0.4) is 0 Å². The lowest BCUT2D eigenvalue weighted by Gasteiger charge is -2.19. The number of hydrogen-bond acceptors (Lipinski definition) is 3. The third-order valence-electron chi connectivity index (χ3n) is 4.08. The van der Waals surface area contributed by atoms with Gasteiger partial charge < -0.3 is 14.8 Å². The van der Waals surface area contributed by atoms with Crippen LogP contribution in [-0.2, 0) is 17.5 Å². The first-order chi connectivity index (χ1) is 13.2. The van der Waals surface area contributed by atoms with Crippen molar-refractivity contribution in [3.05, 3.63) is 64.1 Å². The Labute approximate surface area is 159 Å². The number of carbonyl (C=O) groups is 2. The van der Waals surface area contributed by atoms with Crippen LogP contribution in [-0.4, -0.2) is 34.4 Å². The molecule has 2 aromatic rings. The van der Waals surface area contributed by atoms with Crippen molar-refractivity contribution < 1.29 is 22.8 Å². The molecule has 0 atom stereocenters. The lowest BCUT2D eigenvalue weighted by molar-refractivity contribution is -0.139. The average molecular weight is 395 g/mol. The normalized spacial score (nSPS) is 11.2. The Kier molecular flexibility index (Phi) is 6.61. The van der Waals surface area contributed by atoms with Crippen LogP contribution in [0.4, 0.5) is 18.9 Å². The molecular weight excluding hydrogens is 375 g/mol. The molecule has 150 valence electrons. The van der Waals surface area contributed by atoms with Crippen LogP contribution in [0.25, 0.3) is 0 Å². The van der Waals surface area contributed by atoms with E-state index in [1.165, 1.54) is 6.07 Å². The van der Waals surface area contributed by atoms with E-state index in [0.29, 0.717) is 35.0 Å². The summed E-state index contributed by atoms with van der Waals surface area (Å²) in [5.41, 5.74) is -1.95. The van der Waals surface area contributed by atoms with Crippen LogP contribution >= 0.6 is 0 Å². The Morgan fingerprint density at radius 3 is 2.39 bits per heavy atom. The molecule has 28 heavy (non-hydrogen) atoms. The third kappa shape index (κ3) is 4.99. The Bertz CT molecular complexity index is 918. The van der Waals surface area contributed by atoms with Crippen LogP contribution in [0.5, 0.6) is 0 Å². The summed E-state index contributed by atoms with van der Waals surface area (Å²) in [6, 6.07) is 7.94. The lowest BCUT2D eigenvalue weighted by Crippen LogP contribution is -2.32. The standard InChI is InChI=1S/C19H20F3N3O3/c1-3-24(4-2)17(27)13-7-5-8-14(11-13)23-16(26)12-25-10-6-9-15(18(25)28)19(20,21)22/h5-11H,3-4,12H2,1-2H3,(H,23,26). The number of alkyl halides is 3. The number of hydrogen-bond donors (Lipinski definition) is 1. The summed E-state index contributed by atoms with van der Waals surface area (Å²) in [5.74, 6) is -0.885. The zero-order chi connectivity index (χ0) is 20.9. The van der Waals surface area contributed by atoms with Crippen molar-refractivity contribution in [1.82, 2.24) is 9.47 Å². The van der Waals surface area contributed by atoms with Crippen molar-refractivity contribution in [3.8, 4) is 0 Å². The zero-order valence-corrected chi connectivity index (χ0v) is 15.4. The fourth-order valence-electron chi connectivity index (χ4n) is 2.66. The first-order valence-electron chi connectivity index (χ1n) is 8.63. The molecule has 2 rings (SSSR count). The maximum absolute atomic E-state index is 12.8. The van der Waals surface area contributed by atoms with Crippen molar-refractivity contribution in [2.24, 2.45) is 0 Å². The summed E-state index contributed by atoms with van der Waals surface area (Å²) in [4.78, 5) is 38.1. The molecule has 0 unspecified atom stereocenters. The van der Waals surface area contributed by atoms with Gasteiger partial charge in [0, 0.05) is 30.5 Å². The SMILES string of the molecule is CCN(CC)C(=O)c1cccc(NC(=O)Cn2cccc(C(F)(F)F)c2=O)c1. The van der Waals surface area contributed by atoms with Crippen molar-refractivity contribution in [3.63, 3.8) is 0 Å². The molecule has 1 aromatic carbocycles. The number of benzene rings is 1. The van der Waals surface area contributed by atoms with Gasteiger partial charge in [-0.3, -0.25) is 14.4 Å². The molecule has 0 aliphatic rings. The number of pyridine rings is 1. The highest BCUT2D eigenvalue weighted by atomic mass is 19.4. The molecule has 0 aliphatic carbocycles. The minimum absolute atomic E-state index is 0.199. The number of aromatic nitrogens is 1. The second-order valence-corrected chi connectivity index (χ2v) is 5.96. The van der Waals surface area contributed by atoms with E-state index in [1.54, 1.807) is 23.1 Å². The molecule has 1 heterocycles. The first-order valence-corrected chi connectivity index (χ1v) is 8.63. The quantitative estimate of drug-likeness (QED) is 0.818. The van der Waals surface area contributed by atoms with Crippen LogP contribution in [0.2, 0.25) is 0 Å². The summed E-state index contributed by atoms with van der Waals surface area (Å²) < 4.78 is 39.1. The average Bonchev–Trinajstić information content (AvgIpc) is 2.63. The maximum Gasteiger partial charge on any atom is 0.421 e. The van der Waals surface area contributed by atoms with Crippen LogP contribution in [0.1, 0.15) is 29.8 Å². The molecule has 6 nitrogen and oxygen atoms in total. The summed E-state index contributed by atoms with van der Waals surface area (Å²) in [6.07, 6.45) is -3.69. The van der Waals surface area contributed by atoms with Gasteiger partial charge in [-0.1, -0.05) is 6.07 Å². The minimum atomic E-state index is -4.80. The minimum Gasteiger partial charge on any atom is -0.339 e.